The fraction of sp³-hybridized carbons (Fsp3) is 0.273. The summed E-state index contributed by atoms with van der Waals surface area (Å²) in [4.78, 5) is 0. The van der Waals surface area contributed by atoms with Crippen molar-refractivity contribution in [3.8, 4) is 0 Å². The van der Waals surface area contributed by atoms with Crippen molar-refractivity contribution in [2.45, 2.75) is 6.10 Å². The number of aliphatic hydroxyl groups is 2. The van der Waals surface area contributed by atoms with Crippen LogP contribution in [0.5, 0.6) is 0 Å². The number of hydrogen-bond acceptors (Lipinski definition) is 2. The lowest BCUT2D eigenvalue weighted by Crippen LogP contribution is -2.01. The first kappa shape index (κ1) is 9.24. The van der Waals surface area contributed by atoms with Crippen LogP contribution in [0.4, 0.5) is 0 Å². The molecule has 1 heterocycles. The van der Waals surface area contributed by atoms with Crippen molar-refractivity contribution in [3.63, 3.8) is 0 Å². The van der Waals surface area contributed by atoms with E-state index < -0.39 is 6.10 Å². The summed E-state index contributed by atoms with van der Waals surface area (Å²) in [7, 11) is 1.98. The lowest BCUT2D eigenvalue weighted by atomic mass is 10.1. The van der Waals surface area contributed by atoms with Gasteiger partial charge in [-0.1, -0.05) is 6.07 Å². The summed E-state index contributed by atoms with van der Waals surface area (Å²) < 4.78 is 2.02. The van der Waals surface area contributed by atoms with Crippen LogP contribution >= 0.6 is 0 Å². The largest absolute Gasteiger partial charge is 0.393 e. The van der Waals surface area contributed by atoms with Crippen LogP contribution in [0.25, 0.3) is 10.9 Å². The van der Waals surface area contributed by atoms with Gasteiger partial charge in [0.2, 0.25) is 0 Å². The van der Waals surface area contributed by atoms with E-state index in [4.69, 9.17) is 5.11 Å². The number of aromatic nitrogens is 1. The van der Waals surface area contributed by atoms with Gasteiger partial charge in [0.15, 0.2) is 0 Å². The molecule has 14 heavy (non-hydrogen) atoms. The first-order chi connectivity index (χ1) is 6.72. The zero-order valence-corrected chi connectivity index (χ0v) is 8.01. The number of nitrogens with zero attached hydrogens (tertiary/aromatic N) is 1. The molecule has 0 saturated carbocycles. The SMILES string of the molecule is Cn1ccc2cc(C(O)CO)ccc21. The lowest BCUT2D eigenvalue weighted by Gasteiger charge is -2.07. The Balaban J connectivity index is 2.52. The van der Waals surface area contributed by atoms with E-state index in [9.17, 15) is 5.11 Å². The molecule has 2 N–H and O–H groups in total. The predicted molar refractivity (Wildman–Crippen MR) is 55.0 cm³/mol. The highest BCUT2D eigenvalue weighted by Crippen LogP contribution is 2.20. The highest BCUT2D eigenvalue weighted by Gasteiger charge is 2.06. The van der Waals surface area contributed by atoms with Gasteiger partial charge in [0, 0.05) is 18.8 Å². The Labute approximate surface area is 82.2 Å². The minimum atomic E-state index is -0.778. The van der Waals surface area contributed by atoms with Crippen LogP contribution in [-0.2, 0) is 7.05 Å². The monoisotopic (exact) mass is 191 g/mol. The fourth-order valence-electron chi connectivity index (χ4n) is 1.61. The molecule has 0 radical (unpaired) electrons. The summed E-state index contributed by atoms with van der Waals surface area (Å²) >= 11 is 0. The Bertz CT molecular complexity index is 447. The van der Waals surface area contributed by atoms with E-state index in [1.807, 2.05) is 42.1 Å². The molecule has 74 valence electrons. The Morgan fingerprint density at radius 2 is 2.14 bits per heavy atom. The molecular weight excluding hydrogens is 178 g/mol. The minimum absolute atomic E-state index is 0.238. The molecular formula is C11H13NO2. The van der Waals surface area contributed by atoms with Crippen LogP contribution in [0.3, 0.4) is 0 Å². The first-order valence-corrected chi connectivity index (χ1v) is 4.56. The van der Waals surface area contributed by atoms with Crippen LogP contribution in [0.15, 0.2) is 30.5 Å². The lowest BCUT2D eigenvalue weighted by molar-refractivity contribution is 0.0957. The third-order valence-electron chi connectivity index (χ3n) is 2.47. The van der Waals surface area contributed by atoms with E-state index in [0.717, 1.165) is 16.5 Å². The van der Waals surface area contributed by atoms with E-state index >= 15 is 0 Å². The van der Waals surface area contributed by atoms with Crippen molar-refractivity contribution < 1.29 is 10.2 Å². The molecule has 0 fully saturated rings. The van der Waals surface area contributed by atoms with Gasteiger partial charge in [-0.2, -0.15) is 0 Å². The molecule has 0 bridgehead atoms. The van der Waals surface area contributed by atoms with Crippen LogP contribution in [0.2, 0.25) is 0 Å². The number of benzene rings is 1. The Kier molecular flexibility index (Phi) is 2.27. The molecule has 0 amide bonds. The van der Waals surface area contributed by atoms with Crippen LogP contribution in [0, 0.1) is 0 Å². The van der Waals surface area contributed by atoms with Crippen molar-refractivity contribution in [2.24, 2.45) is 7.05 Å². The highest BCUT2D eigenvalue weighted by atomic mass is 16.3. The van der Waals surface area contributed by atoms with Crippen LogP contribution < -0.4 is 0 Å². The van der Waals surface area contributed by atoms with Crippen molar-refractivity contribution in [1.29, 1.82) is 0 Å². The van der Waals surface area contributed by atoms with E-state index in [2.05, 4.69) is 0 Å². The number of aliphatic hydroxyl groups excluding tert-OH is 2. The molecule has 1 aromatic heterocycles. The summed E-state index contributed by atoms with van der Waals surface area (Å²) in [5.74, 6) is 0. The van der Waals surface area contributed by atoms with Crippen LogP contribution in [-0.4, -0.2) is 21.4 Å². The number of aryl methyl sites for hydroxylation is 1. The van der Waals surface area contributed by atoms with E-state index in [-0.39, 0.29) is 6.61 Å². The van der Waals surface area contributed by atoms with E-state index in [0.29, 0.717) is 0 Å². The maximum Gasteiger partial charge on any atom is 0.102 e. The van der Waals surface area contributed by atoms with Gasteiger partial charge in [0.25, 0.3) is 0 Å². The number of rotatable bonds is 2. The molecule has 0 aliphatic carbocycles. The zero-order valence-electron chi connectivity index (χ0n) is 8.01. The molecule has 0 spiro atoms. The van der Waals surface area contributed by atoms with Gasteiger partial charge in [-0.05, 0) is 29.1 Å². The maximum atomic E-state index is 9.44. The molecule has 3 heteroatoms. The van der Waals surface area contributed by atoms with Gasteiger partial charge in [-0.3, -0.25) is 0 Å². The summed E-state index contributed by atoms with van der Waals surface area (Å²) in [6.45, 7) is -0.238. The van der Waals surface area contributed by atoms with Crippen molar-refractivity contribution in [2.75, 3.05) is 6.61 Å². The van der Waals surface area contributed by atoms with Crippen molar-refractivity contribution in [3.05, 3.63) is 36.0 Å². The Hall–Kier alpha value is -1.32. The molecule has 3 nitrogen and oxygen atoms in total. The molecule has 1 aromatic carbocycles. The predicted octanol–water partition coefficient (Wildman–Crippen LogP) is 1.20. The second-order valence-corrected chi connectivity index (χ2v) is 3.44. The quantitative estimate of drug-likeness (QED) is 0.749. The van der Waals surface area contributed by atoms with Gasteiger partial charge >= 0.3 is 0 Å². The van der Waals surface area contributed by atoms with E-state index in [1.165, 1.54) is 0 Å². The molecule has 2 aromatic rings. The number of hydrogen-bond donors (Lipinski definition) is 2. The molecule has 1 unspecified atom stereocenters. The highest BCUT2D eigenvalue weighted by molar-refractivity contribution is 5.80. The summed E-state index contributed by atoms with van der Waals surface area (Å²) in [5.41, 5.74) is 1.88. The first-order valence-electron chi connectivity index (χ1n) is 4.56. The third kappa shape index (κ3) is 1.41. The molecule has 0 aliphatic heterocycles. The van der Waals surface area contributed by atoms with E-state index in [1.54, 1.807) is 0 Å². The normalized spacial score (nSPS) is 13.4. The topological polar surface area (TPSA) is 45.4 Å². The fourth-order valence-corrected chi connectivity index (χ4v) is 1.61. The standard InChI is InChI=1S/C11H13NO2/c1-12-5-4-8-6-9(11(14)7-13)2-3-10(8)12/h2-6,11,13-14H,7H2,1H3. The Morgan fingerprint density at radius 3 is 2.86 bits per heavy atom. The third-order valence-corrected chi connectivity index (χ3v) is 2.47. The van der Waals surface area contributed by atoms with Crippen molar-refractivity contribution >= 4 is 10.9 Å². The molecule has 0 aliphatic rings. The van der Waals surface area contributed by atoms with Crippen molar-refractivity contribution in [1.82, 2.24) is 4.57 Å². The minimum Gasteiger partial charge on any atom is -0.393 e. The van der Waals surface area contributed by atoms with Crippen LogP contribution in [0.1, 0.15) is 11.7 Å². The maximum absolute atomic E-state index is 9.44. The smallest absolute Gasteiger partial charge is 0.102 e. The average molecular weight is 191 g/mol. The zero-order chi connectivity index (χ0) is 10.1. The Morgan fingerprint density at radius 1 is 1.36 bits per heavy atom. The summed E-state index contributed by atoms with van der Waals surface area (Å²) in [5, 5.41) is 19.3. The summed E-state index contributed by atoms with van der Waals surface area (Å²) in [6.07, 6.45) is 1.19. The second kappa shape index (κ2) is 3.44. The number of fused-ring (bicyclic) bond motifs is 1. The van der Waals surface area contributed by atoms with Gasteiger partial charge in [0.05, 0.1) is 6.61 Å². The molecule has 1 atom stereocenters. The van der Waals surface area contributed by atoms with Gasteiger partial charge in [0.1, 0.15) is 6.10 Å². The average Bonchev–Trinajstić information content (AvgIpc) is 2.59. The molecule has 2 rings (SSSR count). The van der Waals surface area contributed by atoms with Gasteiger partial charge < -0.3 is 14.8 Å². The van der Waals surface area contributed by atoms with Gasteiger partial charge in [-0.25, -0.2) is 0 Å². The van der Waals surface area contributed by atoms with Gasteiger partial charge in [-0.15, -0.1) is 0 Å². The molecule has 0 saturated heterocycles. The second-order valence-electron chi connectivity index (χ2n) is 3.44. The summed E-state index contributed by atoms with van der Waals surface area (Å²) in [6, 6.07) is 7.67.